The summed E-state index contributed by atoms with van der Waals surface area (Å²) in [5.74, 6) is 0. The zero-order valence-corrected chi connectivity index (χ0v) is 8.87. The summed E-state index contributed by atoms with van der Waals surface area (Å²) in [5, 5.41) is 8.77. The van der Waals surface area contributed by atoms with Crippen LogP contribution < -0.4 is 0 Å². The third-order valence-electron chi connectivity index (χ3n) is 3.02. The average Bonchev–Trinajstić information content (AvgIpc) is 2.71. The van der Waals surface area contributed by atoms with Crippen molar-refractivity contribution in [1.29, 1.82) is 0 Å². The lowest BCUT2D eigenvalue weighted by Crippen LogP contribution is -2.57. The lowest BCUT2D eigenvalue weighted by Gasteiger charge is -2.38. The summed E-state index contributed by atoms with van der Waals surface area (Å²) >= 11 is 0. The van der Waals surface area contributed by atoms with Gasteiger partial charge < -0.3 is 0 Å². The fraction of sp³-hybridized carbons (Fsp3) is 0.333. The van der Waals surface area contributed by atoms with Crippen LogP contribution in [0.15, 0.2) is 36.9 Å². The molecule has 1 aliphatic rings. The van der Waals surface area contributed by atoms with Crippen molar-refractivity contribution < 1.29 is 0 Å². The monoisotopic (exact) mass is 204 g/mol. The van der Waals surface area contributed by atoms with Crippen LogP contribution in [0.1, 0.15) is 6.42 Å². The zero-order chi connectivity index (χ0) is 9.43. The molecule has 1 fully saturated rings. The highest BCUT2D eigenvalue weighted by Gasteiger charge is 2.46. The first-order chi connectivity index (χ1) is 6.92. The van der Waals surface area contributed by atoms with Crippen molar-refractivity contribution in [2.75, 3.05) is 0 Å². The van der Waals surface area contributed by atoms with Gasteiger partial charge in [-0.15, -0.1) is 0 Å². The molecule has 0 saturated carbocycles. The molecule has 5 heteroatoms. The van der Waals surface area contributed by atoms with Crippen molar-refractivity contribution in [2.45, 2.75) is 18.5 Å². The minimum Gasteiger partial charge on any atom is -0.277 e. The minimum atomic E-state index is -1.58. The van der Waals surface area contributed by atoms with Gasteiger partial charge in [-0.1, -0.05) is 6.42 Å². The van der Waals surface area contributed by atoms with E-state index in [1.165, 1.54) is 18.5 Å². The van der Waals surface area contributed by atoms with Gasteiger partial charge in [-0.05, 0) is 24.2 Å². The molecule has 0 N–H and O–H groups in total. The zero-order valence-electron chi connectivity index (χ0n) is 7.87. The van der Waals surface area contributed by atoms with Crippen LogP contribution in [-0.4, -0.2) is 27.3 Å². The minimum absolute atomic E-state index is 1.26. The van der Waals surface area contributed by atoms with Gasteiger partial charge in [0.15, 0.2) is 0 Å². The Labute approximate surface area is 83.3 Å². The highest BCUT2D eigenvalue weighted by Crippen LogP contribution is 2.33. The standard InChI is InChI=1S/C9H12N4Si/c1-4-10-12(6-1)14(8-3-9-14)13-7-2-5-11-13/h1-2,4-7H,3,8-9H2. The first-order valence-electron chi connectivity index (χ1n) is 4.92. The van der Waals surface area contributed by atoms with E-state index in [0.717, 1.165) is 0 Å². The Hall–Kier alpha value is -1.36. The summed E-state index contributed by atoms with van der Waals surface area (Å²) in [6, 6.07) is 6.51. The van der Waals surface area contributed by atoms with E-state index in [9.17, 15) is 0 Å². The van der Waals surface area contributed by atoms with Gasteiger partial charge in [-0.2, -0.15) is 10.2 Å². The molecule has 2 aromatic rings. The normalized spacial score (nSPS) is 19.1. The quantitative estimate of drug-likeness (QED) is 0.692. The molecule has 0 spiro atoms. The Balaban J connectivity index is 2.08. The number of hydrogen-bond acceptors (Lipinski definition) is 2. The van der Waals surface area contributed by atoms with Crippen LogP contribution >= 0.6 is 0 Å². The predicted octanol–water partition coefficient (Wildman–Crippen LogP) is 1.32. The molecular weight excluding hydrogens is 192 g/mol. The summed E-state index contributed by atoms with van der Waals surface area (Å²) in [4.78, 5) is 0. The Morgan fingerprint density at radius 1 is 0.929 bits per heavy atom. The average molecular weight is 204 g/mol. The molecule has 2 aromatic heterocycles. The molecule has 3 heterocycles. The van der Waals surface area contributed by atoms with Gasteiger partial charge in [0.25, 0.3) is 0 Å². The molecular formula is C9H12N4Si. The number of aromatic nitrogens is 4. The fourth-order valence-corrected chi connectivity index (χ4v) is 5.49. The molecule has 72 valence electrons. The van der Waals surface area contributed by atoms with Crippen LogP contribution in [0.4, 0.5) is 0 Å². The predicted molar refractivity (Wildman–Crippen MR) is 55.2 cm³/mol. The fourth-order valence-electron chi connectivity index (χ4n) is 2.09. The molecule has 1 saturated heterocycles. The maximum atomic E-state index is 4.38. The maximum Gasteiger partial charge on any atom is 0.309 e. The van der Waals surface area contributed by atoms with E-state index in [4.69, 9.17) is 0 Å². The molecule has 0 amide bonds. The summed E-state index contributed by atoms with van der Waals surface area (Å²) in [7, 11) is -1.58. The van der Waals surface area contributed by atoms with Gasteiger partial charge >= 0.3 is 8.40 Å². The SMILES string of the molecule is c1cnn([Si]2(n3cccn3)CCC2)c1. The van der Waals surface area contributed by atoms with Crippen LogP contribution in [0, 0.1) is 0 Å². The molecule has 0 atom stereocenters. The second-order valence-corrected chi connectivity index (χ2v) is 7.62. The molecule has 1 aliphatic heterocycles. The Morgan fingerprint density at radius 2 is 1.50 bits per heavy atom. The second kappa shape index (κ2) is 2.81. The van der Waals surface area contributed by atoms with Crippen molar-refractivity contribution >= 4 is 8.40 Å². The van der Waals surface area contributed by atoms with E-state index in [-0.39, 0.29) is 0 Å². The third-order valence-corrected chi connectivity index (χ3v) is 7.56. The van der Waals surface area contributed by atoms with Crippen molar-refractivity contribution in [3.63, 3.8) is 0 Å². The molecule has 0 unspecified atom stereocenters. The second-order valence-electron chi connectivity index (χ2n) is 3.74. The van der Waals surface area contributed by atoms with Crippen molar-refractivity contribution in [3.05, 3.63) is 36.9 Å². The van der Waals surface area contributed by atoms with Gasteiger partial charge in [0.1, 0.15) is 0 Å². The van der Waals surface area contributed by atoms with Crippen molar-refractivity contribution in [2.24, 2.45) is 0 Å². The Bertz CT molecular complexity index is 366. The smallest absolute Gasteiger partial charge is 0.277 e. The molecule has 0 aromatic carbocycles. The van der Waals surface area contributed by atoms with E-state index in [1.54, 1.807) is 0 Å². The molecule has 0 radical (unpaired) electrons. The van der Waals surface area contributed by atoms with Crippen LogP contribution in [0.2, 0.25) is 12.1 Å². The Morgan fingerprint density at radius 3 is 1.79 bits per heavy atom. The van der Waals surface area contributed by atoms with Crippen LogP contribution in [-0.2, 0) is 0 Å². The van der Waals surface area contributed by atoms with Crippen molar-refractivity contribution in [1.82, 2.24) is 18.9 Å². The summed E-state index contributed by atoms with van der Waals surface area (Å²) < 4.78 is 4.31. The van der Waals surface area contributed by atoms with Crippen LogP contribution in [0.25, 0.3) is 0 Å². The van der Waals surface area contributed by atoms with Gasteiger partial charge in [0.05, 0.1) is 0 Å². The third kappa shape index (κ3) is 0.927. The Kier molecular flexibility index (Phi) is 1.60. The highest BCUT2D eigenvalue weighted by atomic mass is 28.3. The number of hydrogen-bond donors (Lipinski definition) is 0. The van der Waals surface area contributed by atoms with Gasteiger partial charge in [0.2, 0.25) is 0 Å². The first kappa shape index (κ1) is 7.99. The molecule has 3 rings (SSSR count). The summed E-state index contributed by atoms with van der Waals surface area (Å²) in [5.41, 5.74) is 0. The van der Waals surface area contributed by atoms with E-state index >= 15 is 0 Å². The molecule has 0 aliphatic carbocycles. The topological polar surface area (TPSA) is 35.6 Å². The maximum absolute atomic E-state index is 4.38. The summed E-state index contributed by atoms with van der Waals surface area (Å²) in [6.45, 7) is 0. The number of rotatable bonds is 2. The molecule has 0 bridgehead atoms. The van der Waals surface area contributed by atoms with E-state index in [2.05, 4.69) is 31.3 Å². The van der Waals surface area contributed by atoms with Crippen molar-refractivity contribution in [3.8, 4) is 0 Å². The molecule has 14 heavy (non-hydrogen) atoms. The van der Waals surface area contributed by atoms with E-state index < -0.39 is 8.40 Å². The lowest BCUT2D eigenvalue weighted by molar-refractivity contribution is 0.700. The van der Waals surface area contributed by atoms with Crippen LogP contribution in [0.3, 0.4) is 0 Å². The van der Waals surface area contributed by atoms with Crippen LogP contribution in [0.5, 0.6) is 0 Å². The van der Waals surface area contributed by atoms with Gasteiger partial charge in [-0.25, -0.2) is 0 Å². The number of nitrogens with zero attached hydrogens (tertiary/aromatic N) is 4. The first-order valence-corrected chi connectivity index (χ1v) is 7.23. The van der Waals surface area contributed by atoms with E-state index in [1.807, 2.05) is 24.5 Å². The molecule has 4 nitrogen and oxygen atoms in total. The van der Waals surface area contributed by atoms with Gasteiger partial charge in [-0.3, -0.25) is 8.69 Å². The lowest BCUT2D eigenvalue weighted by atomic mass is 10.5. The van der Waals surface area contributed by atoms with Gasteiger partial charge in [0, 0.05) is 24.8 Å². The summed E-state index contributed by atoms with van der Waals surface area (Å²) in [6.07, 6.45) is 9.18. The highest BCUT2D eigenvalue weighted by molar-refractivity contribution is 6.78. The van der Waals surface area contributed by atoms with E-state index in [0.29, 0.717) is 0 Å². The largest absolute Gasteiger partial charge is 0.309 e.